The first-order valence-electron chi connectivity index (χ1n) is 16.7. The fourth-order valence-corrected chi connectivity index (χ4v) is 7.40. The Balaban J connectivity index is 2.31. The van der Waals surface area contributed by atoms with Crippen LogP contribution in [0.1, 0.15) is 81.6 Å². The number of cyclic esters (lactones) is 1. The van der Waals surface area contributed by atoms with E-state index in [4.69, 9.17) is 29.1 Å². The molecule has 0 unspecified atom stereocenters. The highest BCUT2D eigenvalue weighted by Crippen LogP contribution is 2.40. The Morgan fingerprint density at radius 3 is 2.34 bits per heavy atom. The molecule has 3 aliphatic heterocycles. The average molecular weight is 668 g/mol. The molecule has 3 aliphatic rings. The van der Waals surface area contributed by atoms with Crippen molar-refractivity contribution in [2.24, 2.45) is 17.8 Å². The van der Waals surface area contributed by atoms with Crippen molar-refractivity contribution in [1.82, 2.24) is 10.2 Å². The largest absolute Gasteiger partial charge is 0.459 e. The topological polar surface area (TPSA) is 177 Å². The van der Waals surface area contributed by atoms with Gasteiger partial charge in [-0.3, -0.25) is 14.4 Å². The minimum atomic E-state index is -1.79. The normalized spacial score (nSPS) is 43.1. The van der Waals surface area contributed by atoms with Crippen LogP contribution in [0.4, 0.5) is 0 Å². The first kappa shape index (κ1) is 39.2. The monoisotopic (exact) mass is 667 g/mol. The first-order valence-corrected chi connectivity index (χ1v) is 16.7. The zero-order valence-electron chi connectivity index (χ0n) is 29.9. The minimum absolute atomic E-state index is 0.0612. The van der Waals surface area contributed by atoms with Crippen molar-refractivity contribution in [3.05, 3.63) is 11.3 Å². The summed E-state index contributed by atoms with van der Waals surface area (Å²) in [4.78, 5) is 42.2. The zero-order chi connectivity index (χ0) is 35.6. The second kappa shape index (κ2) is 15.5. The fraction of sp³-hybridized carbons (Fsp3) is 0.824. The third-order valence-electron chi connectivity index (χ3n) is 10.0. The van der Waals surface area contributed by atoms with Crippen molar-refractivity contribution in [3.63, 3.8) is 0 Å². The number of fused-ring (bicyclic) bond motifs is 4. The number of esters is 1. The van der Waals surface area contributed by atoms with Crippen LogP contribution in [0.3, 0.4) is 0 Å². The number of hydrogen-bond acceptors (Lipinski definition) is 12. The van der Waals surface area contributed by atoms with Gasteiger partial charge in [0, 0.05) is 36.9 Å². The van der Waals surface area contributed by atoms with E-state index in [1.807, 2.05) is 32.8 Å². The zero-order valence-corrected chi connectivity index (χ0v) is 29.9. The Hall–Kier alpha value is -2.26. The van der Waals surface area contributed by atoms with Crippen molar-refractivity contribution in [1.29, 1.82) is 5.41 Å². The number of carbonyl (C=O) groups is 3. The van der Waals surface area contributed by atoms with E-state index in [-0.39, 0.29) is 49.8 Å². The molecule has 13 nitrogen and oxygen atoms in total. The third kappa shape index (κ3) is 8.67. The molecule has 4 N–H and O–H groups in total. The summed E-state index contributed by atoms with van der Waals surface area (Å²) in [6, 6.07) is -0.293. The number of rotatable bonds is 5. The molecule has 0 spiro atoms. The third-order valence-corrected chi connectivity index (χ3v) is 10.0. The Labute approximate surface area is 279 Å². The van der Waals surface area contributed by atoms with Crippen molar-refractivity contribution >= 4 is 23.4 Å². The Morgan fingerprint density at radius 1 is 1.13 bits per heavy atom. The minimum Gasteiger partial charge on any atom is -0.459 e. The van der Waals surface area contributed by atoms with Crippen LogP contribution in [-0.2, 0) is 38.1 Å². The van der Waals surface area contributed by atoms with Crippen molar-refractivity contribution in [3.8, 4) is 0 Å². The number of ketones is 1. The summed E-state index contributed by atoms with van der Waals surface area (Å²) in [7, 11) is 3.72. The highest BCUT2D eigenvalue weighted by molar-refractivity contribution is 6.00. The molecule has 1 fully saturated rings. The van der Waals surface area contributed by atoms with Crippen LogP contribution in [0.25, 0.3) is 0 Å². The maximum atomic E-state index is 14.2. The Bertz CT molecular complexity index is 1200. The lowest BCUT2D eigenvalue weighted by Crippen LogP contribution is -2.59. The molecule has 13 heteroatoms. The van der Waals surface area contributed by atoms with Gasteiger partial charge in [0.15, 0.2) is 12.1 Å². The molecule has 0 radical (unpaired) electrons. The quantitative estimate of drug-likeness (QED) is 0.250. The maximum absolute atomic E-state index is 14.2. The molecule has 3 rings (SSSR count). The van der Waals surface area contributed by atoms with E-state index < -0.39 is 71.4 Å². The predicted octanol–water partition coefficient (Wildman–Crippen LogP) is 2.36. The van der Waals surface area contributed by atoms with Crippen molar-refractivity contribution in [2.75, 3.05) is 27.3 Å². The van der Waals surface area contributed by atoms with Crippen molar-refractivity contribution < 1.29 is 48.3 Å². The van der Waals surface area contributed by atoms with Gasteiger partial charge in [0.1, 0.15) is 23.7 Å². The summed E-state index contributed by atoms with van der Waals surface area (Å²) < 4.78 is 31.3. The molecule has 3 heterocycles. The summed E-state index contributed by atoms with van der Waals surface area (Å²) in [5, 5.41) is 35.1. The van der Waals surface area contributed by atoms with Crippen LogP contribution in [-0.4, -0.2) is 120 Å². The number of ether oxygens (including phenoxy) is 5. The molecule has 268 valence electrons. The van der Waals surface area contributed by atoms with E-state index in [0.717, 1.165) is 0 Å². The maximum Gasteiger partial charge on any atom is 0.316 e. The van der Waals surface area contributed by atoms with Crippen LogP contribution < -0.4 is 5.32 Å². The molecule has 1 amide bonds. The average Bonchev–Trinajstić information content (AvgIpc) is 3.00. The van der Waals surface area contributed by atoms with E-state index in [1.54, 1.807) is 27.7 Å². The number of likely N-dealkylation sites (N-methyl/N-ethyl adjacent to an activating group) is 1. The van der Waals surface area contributed by atoms with Gasteiger partial charge in [0.05, 0.1) is 42.8 Å². The lowest BCUT2D eigenvalue weighted by Gasteiger charge is -2.47. The van der Waals surface area contributed by atoms with Gasteiger partial charge in [-0.1, -0.05) is 26.3 Å². The summed E-state index contributed by atoms with van der Waals surface area (Å²) in [6.45, 7) is 14.6. The molecule has 47 heavy (non-hydrogen) atoms. The molecule has 0 aromatic carbocycles. The summed E-state index contributed by atoms with van der Waals surface area (Å²) in [5.41, 5.74) is -1.95. The standard InChI is InChI=1S/C34H57N3O10/c1-12-25-34(9,42)30-19(4)26(36-22(7)38)17(2)14-33(8,44-16-23(35)15-43-30)29(20(5)27(39)21(6)31(41)46-25)47-32-28(40)24(37(10)11)13-18(3)45-32/h18-21,24-25,28-30,32,35,40,42H,12-16H2,1-11H3,(H,36,38)/b26-17+,35-23?/t18-,19+,20+,21-,24+,25-,28-,29-,30-,32+,33-,34-/m1/s1. The number of nitrogens with zero attached hydrogens (tertiary/aromatic N) is 1. The van der Waals surface area contributed by atoms with E-state index in [1.165, 1.54) is 20.8 Å². The molecule has 0 aromatic heterocycles. The van der Waals surface area contributed by atoms with Gasteiger partial charge in [-0.25, -0.2) is 0 Å². The number of Topliss-reactive ketones (excluding diaryl/α,β-unsaturated/α-hetero) is 1. The van der Waals surface area contributed by atoms with Gasteiger partial charge in [-0.2, -0.15) is 0 Å². The van der Waals surface area contributed by atoms with Gasteiger partial charge >= 0.3 is 5.97 Å². The van der Waals surface area contributed by atoms with Crippen LogP contribution in [0, 0.1) is 23.2 Å². The molecule has 0 aromatic rings. The highest BCUT2D eigenvalue weighted by atomic mass is 16.7. The second-order valence-electron chi connectivity index (χ2n) is 14.4. The molecule has 0 saturated carbocycles. The van der Waals surface area contributed by atoms with Crippen LogP contribution in [0.5, 0.6) is 0 Å². The number of aliphatic hydroxyl groups excluding tert-OH is 1. The molecule has 2 bridgehead atoms. The van der Waals surface area contributed by atoms with Gasteiger partial charge in [-0.15, -0.1) is 0 Å². The van der Waals surface area contributed by atoms with Crippen molar-refractivity contribution in [2.45, 2.75) is 136 Å². The number of nitrogens with one attached hydrogen (secondary N) is 2. The number of carbonyl (C=O) groups excluding carboxylic acids is 3. The number of hydrogen-bond donors (Lipinski definition) is 4. The highest BCUT2D eigenvalue weighted by Gasteiger charge is 2.52. The van der Waals surface area contributed by atoms with Crippen LogP contribution in [0.2, 0.25) is 0 Å². The Kier molecular flexibility index (Phi) is 12.9. The predicted molar refractivity (Wildman–Crippen MR) is 174 cm³/mol. The van der Waals surface area contributed by atoms with Gasteiger partial charge in [-0.05, 0) is 61.6 Å². The smallest absolute Gasteiger partial charge is 0.316 e. The summed E-state index contributed by atoms with van der Waals surface area (Å²) in [5.74, 6) is -4.52. The van der Waals surface area contributed by atoms with E-state index in [0.29, 0.717) is 17.7 Å². The van der Waals surface area contributed by atoms with Gasteiger partial charge < -0.3 is 49.5 Å². The van der Waals surface area contributed by atoms with Gasteiger partial charge in [0.25, 0.3) is 0 Å². The molecule has 0 aliphatic carbocycles. The van der Waals surface area contributed by atoms with E-state index >= 15 is 0 Å². The number of amides is 1. The van der Waals surface area contributed by atoms with Crippen LogP contribution in [0.15, 0.2) is 11.3 Å². The van der Waals surface area contributed by atoms with Gasteiger partial charge in [0.2, 0.25) is 5.91 Å². The lowest BCUT2D eigenvalue weighted by molar-refractivity contribution is -0.295. The lowest BCUT2D eigenvalue weighted by atomic mass is 9.77. The Morgan fingerprint density at radius 2 is 1.77 bits per heavy atom. The van der Waals surface area contributed by atoms with E-state index in [9.17, 15) is 24.6 Å². The summed E-state index contributed by atoms with van der Waals surface area (Å²) in [6.07, 6.45) is -4.84. The van der Waals surface area contributed by atoms with E-state index in [2.05, 4.69) is 5.32 Å². The van der Waals surface area contributed by atoms with Crippen LogP contribution >= 0.6 is 0 Å². The second-order valence-corrected chi connectivity index (χ2v) is 14.4. The summed E-state index contributed by atoms with van der Waals surface area (Å²) >= 11 is 0. The molecular formula is C34H57N3O10. The first-order chi connectivity index (χ1) is 21.7. The molecular weight excluding hydrogens is 610 g/mol. The molecule has 12 atom stereocenters. The fourth-order valence-electron chi connectivity index (χ4n) is 7.40. The molecule has 1 saturated heterocycles. The number of aliphatic hydroxyl groups is 2. The SMILES string of the molecule is CC[C@H]1OC(=O)[C@H](C)C(=O)[C@H](C)[C@@H](O[C@@H]2O[C@H](C)C[C@H](N(C)C)[C@H]2O)[C@@]2(C)C/C(C)=C(/NC(C)=O)[C@H](C)[C@@H](OCC(=N)CO2)[C@]1(C)O.